The highest BCUT2D eigenvalue weighted by atomic mass is 35.5. The van der Waals surface area contributed by atoms with Crippen LogP contribution in [0.2, 0.25) is 0 Å². The first-order valence-corrected chi connectivity index (χ1v) is 5.28. The van der Waals surface area contributed by atoms with E-state index in [1.54, 1.807) is 4.09 Å². The minimum atomic E-state index is 1.07. The van der Waals surface area contributed by atoms with E-state index < -0.39 is 0 Å². The Balaban J connectivity index is 2.70. The van der Waals surface area contributed by atoms with E-state index in [2.05, 4.69) is 25.1 Å². The monoisotopic (exact) mass is 215 g/mol. The van der Waals surface area contributed by atoms with Gasteiger partial charge in [-0.15, -0.1) is 0 Å². The van der Waals surface area contributed by atoms with E-state index in [1.165, 1.54) is 16.3 Å². The predicted molar refractivity (Wildman–Crippen MR) is 65.4 cm³/mol. The minimum Gasteiger partial charge on any atom is -0.252 e. The number of rotatable bonds is 0. The zero-order valence-electron chi connectivity index (χ0n) is 8.37. The summed E-state index contributed by atoms with van der Waals surface area (Å²) < 4.78 is 1.73. The van der Waals surface area contributed by atoms with Crippen LogP contribution in [0, 0.1) is 6.92 Å². The van der Waals surface area contributed by atoms with E-state index in [0.29, 0.717) is 0 Å². The van der Waals surface area contributed by atoms with E-state index in [-0.39, 0.29) is 0 Å². The Bertz CT molecular complexity index is 652. The highest BCUT2D eigenvalue weighted by molar-refractivity contribution is 6.26. The van der Waals surface area contributed by atoms with Gasteiger partial charge in [-0.3, -0.25) is 4.09 Å². The van der Waals surface area contributed by atoms with Crippen LogP contribution in [0.4, 0.5) is 0 Å². The van der Waals surface area contributed by atoms with Crippen molar-refractivity contribution in [1.82, 2.24) is 4.09 Å². The molecule has 0 amide bonds. The van der Waals surface area contributed by atoms with E-state index in [0.717, 1.165) is 11.0 Å². The average molecular weight is 216 g/mol. The summed E-state index contributed by atoms with van der Waals surface area (Å²) in [7, 11) is 0. The first-order valence-electron chi connectivity index (χ1n) is 4.94. The number of aromatic nitrogens is 1. The minimum absolute atomic E-state index is 1.07. The molecule has 0 saturated carbocycles. The standard InChI is InChI=1S/C13H10ClN/c1-9-5-4-8-12-13(9)10-6-2-3-7-11(10)15(12)14/h2-8H,1H3. The normalized spacial score (nSPS) is 11.3. The molecule has 0 aliphatic heterocycles. The average Bonchev–Trinajstić information content (AvgIpc) is 2.55. The summed E-state index contributed by atoms with van der Waals surface area (Å²) in [6.45, 7) is 2.12. The summed E-state index contributed by atoms with van der Waals surface area (Å²) in [5.41, 5.74) is 3.42. The number of para-hydroxylation sites is 1. The third-order valence-electron chi connectivity index (χ3n) is 2.85. The summed E-state index contributed by atoms with van der Waals surface area (Å²) in [6, 6.07) is 14.4. The van der Waals surface area contributed by atoms with Crippen molar-refractivity contribution in [2.24, 2.45) is 0 Å². The Labute approximate surface area is 93.0 Å². The van der Waals surface area contributed by atoms with E-state index in [9.17, 15) is 0 Å². The fraction of sp³-hybridized carbons (Fsp3) is 0.0769. The van der Waals surface area contributed by atoms with Crippen molar-refractivity contribution in [2.45, 2.75) is 6.92 Å². The number of benzene rings is 2. The lowest BCUT2D eigenvalue weighted by Gasteiger charge is -1.96. The summed E-state index contributed by atoms with van der Waals surface area (Å²) >= 11 is 6.28. The van der Waals surface area contributed by atoms with Gasteiger partial charge in [0.05, 0.1) is 11.0 Å². The van der Waals surface area contributed by atoms with Crippen molar-refractivity contribution < 1.29 is 0 Å². The van der Waals surface area contributed by atoms with Gasteiger partial charge in [-0.1, -0.05) is 30.3 Å². The van der Waals surface area contributed by atoms with E-state index in [4.69, 9.17) is 11.8 Å². The van der Waals surface area contributed by atoms with Crippen LogP contribution in [-0.4, -0.2) is 4.09 Å². The first-order chi connectivity index (χ1) is 7.29. The summed E-state index contributed by atoms with van der Waals surface area (Å²) in [5.74, 6) is 0. The molecule has 0 N–H and O–H groups in total. The van der Waals surface area contributed by atoms with Crippen LogP contribution in [0.25, 0.3) is 21.8 Å². The van der Waals surface area contributed by atoms with Gasteiger partial charge >= 0.3 is 0 Å². The van der Waals surface area contributed by atoms with Crippen LogP contribution < -0.4 is 0 Å². The molecule has 1 aromatic heterocycles. The van der Waals surface area contributed by atoms with Gasteiger partial charge in [-0.25, -0.2) is 0 Å². The van der Waals surface area contributed by atoms with Crippen molar-refractivity contribution in [2.75, 3.05) is 0 Å². The Kier molecular flexibility index (Phi) is 1.77. The highest BCUT2D eigenvalue weighted by Gasteiger charge is 2.09. The largest absolute Gasteiger partial charge is 0.252 e. The molecule has 0 radical (unpaired) electrons. The summed E-state index contributed by atoms with van der Waals surface area (Å²) in [6.07, 6.45) is 0. The van der Waals surface area contributed by atoms with Crippen LogP contribution in [0.1, 0.15) is 5.56 Å². The number of nitrogens with zero attached hydrogens (tertiary/aromatic N) is 1. The van der Waals surface area contributed by atoms with Crippen molar-refractivity contribution in [3.05, 3.63) is 48.0 Å². The van der Waals surface area contributed by atoms with Gasteiger partial charge in [0.15, 0.2) is 0 Å². The maximum absolute atomic E-state index is 6.28. The van der Waals surface area contributed by atoms with Gasteiger partial charge < -0.3 is 0 Å². The van der Waals surface area contributed by atoms with Gasteiger partial charge in [-0.05, 0) is 24.6 Å². The maximum Gasteiger partial charge on any atom is 0.0663 e. The molecule has 3 rings (SSSR count). The van der Waals surface area contributed by atoms with Crippen LogP contribution in [-0.2, 0) is 0 Å². The molecule has 1 heterocycles. The van der Waals surface area contributed by atoms with Crippen molar-refractivity contribution in [1.29, 1.82) is 0 Å². The van der Waals surface area contributed by atoms with Gasteiger partial charge in [0.2, 0.25) is 0 Å². The molecule has 0 aliphatic rings. The van der Waals surface area contributed by atoms with Crippen molar-refractivity contribution in [3.8, 4) is 0 Å². The molecule has 0 saturated heterocycles. The molecule has 0 aliphatic carbocycles. The zero-order valence-corrected chi connectivity index (χ0v) is 9.12. The summed E-state index contributed by atoms with van der Waals surface area (Å²) in [5, 5.41) is 2.48. The molecule has 0 unspecified atom stereocenters. The molecule has 0 atom stereocenters. The molecule has 2 aromatic carbocycles. The van der Waals surface area contributed by atoms with Gasteiger partial charge in [-0.2, -0.15) is 0 Å². The number of hydrogen-bond donors (Lipinski definition) is 0. The Morgan fingerprint density at radius 3 is 2.53 bits per heavy atom. The second kappa shape index (κ2) is 3.01. The number of halogens is 1. The lowest BCUT2D eigenvalue weighted by molar-refractivity contribution is 1.39. The topological polar surface area (TPSA) is 4.93 Å². The molecule has 0 spiro atoms. The quantitative estimate of drug-likeness (QED) is 0.532. The fourth-order valence-electron chi connectivity index (χ4n) is 2.15. The fourth-order valence-corrected chi connectivity index (χ4v) is 2.44. The number of fused-ring (bicyclic) bond motifs is 3. The molecule has 15 heavy (non-hydrogen) atoms. The van der Waals surface area contributed by atoms with Crippen LogP contribution in [0.15, 0.2) is 42.5 Å². The van der Waals surface area contributed by atoms with Gasteiger partial charge in [0, 0.05) is 22.5 Å². The smallest absolute Gasteiger partial charge is 0.0663 e. The van der Waals surface area contributed by atoms with Crippen molar-refractivity contribution in [3.63, 3.8) is 0 Å². The SMILES string of the molecule is Cc1cccc2c1c1ccccc1n2Cl. The second-order valence-electron chi connectivity index (χ2n) is 3.77. The molecule has 0 fully saturated rings. The predicted octanol–water partition coefficient (Wildman–Crippen LogP) is 4.10. The number of aryl methyl sites for hydroxylation is 1. The van der Waals surface area contributed by atoms with Gasteiger partial charge in [0.25, 0.3) is 0 Å². The molecule has 1 nitrogen and oxygen atoms in total. The molecule has 3 aromatic rings. The molecule has 2 heteroatoms. The Morgan fingerprint density at radius 2 is 1.67 bits per heavy atom. The first kappa shape index (κ1) is 8.81. The Morgan fingerprint density at radius 1 is 0.933 bits per heavy atom. The maximum atomic E-state index is 6.28. The van der Waals surface area contributed by atoms with Crippen molar-refractivity contribution >= 4 is 33.6 Å². The lowest BCUT2D eigenvalue weighted by atomic mass is 10.1. The molecular formula is C13H10ClN. The lowest BCUT2D eigenvalue weighted by Crippen LogP contribution is -1.78. The van der Waals surface area contributed by atoms with Crippen LogP contribution in [0.3, 0.4) is 0 Å². The zero-order chi connectivity index (χ0) is 10.4. The van der Waals surface area contributed by atoms with E-state index >= 15 is 0 Å². The van der Waals surface area contributed by atoms with Gasteiger partial charge in [0.1, 0.15) is 0 Å². The Hall–Kier alpha value is -1.47. The molecule has 74 valence electrons. The second-order valence-corrected chi connectivity index (χ2v) is 4.11. The van der Waals surface area contributed by atoms with Crippen LogP contribution >= 0.6 is 11.8 Å². The van der Waals surface area contributed by atoms with Crippen LogP contribution in [0.5, 0.6) is 0 Å². The number of hydrogen-bond acceptors (Lipinski definition) is 0. The molecule has 0 bridgehead atoms. The third kappa shape index (κ3) is 1.10. The molecular weight excluding hydrogens is 206 g/mol. The third-order valence-corrected chi connectivity index (χ3v) is 3.21. The summed E-state index contributed by atoms with van der Waals surface area (Å²) in [4.78, 5) is 0. The van der Waals surface area contributed by atoms with E-state index in [1.807, 2.05) is 24.3 Å². The highest BCUT2D eigenvalue weighted by Crippen LogP contribution is 2.31.